The zero-order chi connectivity index (χ0) is 8.97. The molecule has 0 aliphatic heterocycles. The summed E-state index contributed by atoms with van der Waals surface area (Å²) >= 11 is 0. The molecule has 12 heavy (non-hydrogen) atoms. The number of hydrogen-bond acceptors (Lipinski definition) is 1. The van der Waals surface area contributed by atoms with Crippen LogP contribution >= 0.6 is 0 Å². The van der Waals surface area contributed by atoms with Crippen molar-refractivity contribution in [3.63, 3.8) is 0 Å². The molecule has 0 saturated carbocycles. The summed E-state index contributed by atoms with van der Waals surface area (Å²) in [5, 5.41) is 0. The van der Waals surface area contributed by atoms with Gasteiger partial charge < -0.3 is 4.74 Å². The monoisotopic (exact) mass is 166 g/mol. The first kappa shape index (κ1) is 8.94. The van der Waals surface area contributed by atoms with Crippen molar-refractivity contribution in [3.05, 3.63) is 48.3 Å². The van der Waals surface area contributed by atoms with E-state index in [-0.39, 0.29) is 0 Å². The Kier molecular flexibility index (Phi) is 3.00. The van der Waals surface area contributed by atoms with Crippen LogP contribution in [0.2, 0.25) is 0 Å². The third-order valence-corrected chi connectivity index (χ3v) is 1.62. The summed E-state index contributed by atoms with van der Waals surface area (Å²) < 4.78 is 17.7. The fourth-order valence-corrected chi connectivity index (χ4v) is 1.07. The molecule has 0 aromatic heterocycles. The summed E-state index contributed by atoms with van der Waals surface area (Å²) in [6.45, 7) is 3.21. The lowest BCUT2D eigenvalue weighted by Crippen LogP contribution is -2.00. The lowest BCUT2D eigenvalue weighted by atomic mass is 10.1. The molecule has 0 fully saturated rings. The Labute approximate surface area is 71.5 Å². The predicted octanol–water partition coefficient (Wildman–Crippen LogP) is 2.86. The first-order chi connectivity index (χ1) is 5.75. The van der Waals surface area contributed by atoms with E-state index in [1.165, 1.54) is 7.11 Å². The van der Waals surface area contributed by atoms with Crippen LogP contribution in [0.15, 0.2) is 42.7 Å². The molecule has 0 unspecified atom stereocenters. The van der Waals surface area contributed by atoms with Crippen LogP contribution in [0, 0.1) is 0 Å². The van der Waals surface area contributed by atoms with Crippen molar-refractivity contribution in [2.24, 2.45) is 0 Å². The van der Waals surface area contributed by atoms with E-state index in [0.29, 0.717) is 0 Å². The van der Waals surface area contributed by atoms with Crippen molar-refractivity contribution in [1.29, 1.82) is 0 Å². The van der Waals surface area contributed by atoms with Gasteiger partial charge in [-0.2, -0.15) is 0 Å². The molecule has 0 radical (unpaired) electrons. The Morgan fingerprint density at radius 3 is 2.42 bits per heavy atom. The largest absolute Gasteiger partial charge is 0.370 e. The Hall–Kier alpha value is -1.15. The maximum absolute atomic E-state index is 12.7. The highest BCUT2D eigenvalue weighted by atomic mass is 19.1. The maximum Gasteiger partial charge on any atom is 0.133 e. The number of halogens is 1. The average molecular weight is 166 g/mol. The standard InChI is InChI=1S/C10H11FO/c1-8(11)10(12-2)9-6-4-3-5-7-9/h3-7,10H,1H2,2H3/t10-/m1/s1. The van der Waals surface area contributed by atoms with Crippen LogP contribution < -0.4 is 0 Å². The summed E-state index contributed by atoms with van der Waals surface area (Å²) in [6.07, 6.45) is -0.633. The van der Waals surface area contributed by atoms with E-state index in [0.717, 1.165) is 5.56 Å². The SMILES string of the molecule is C=C(F)[C@@H](OC)c1ccccc1. The number of ether oxygens (including phenoxy) is 1. The number of hydrogen-bond donors (Lipinski definition) is 0. The summed E-state index contributed by atoms with van der Waals surface area (Å²) in [5.41, 5.74) is 0.785. The second kappa shape index (κ2) is 4.02. The third-order valence-electron chi connectivity index (χ3n) is 1.62. The van der Waals surface area contributed by atoms with Crippen LogP contribution in [0.5, 0.6) is 0 Å². The van der Waals surface area contributed by atoms with Gasteiger partial charge >= 0.3 is 0 Å². The van der Waals surface area contributed by atoms with Gasteiger partial charge in [-0.05, 0) is 5.56 Å². The number of benzene rings is 1. The molecule has 2 heteroatoms. The van der Waals surface area contributed by atoms with Gasteiger partial charge in [-0.25, -0.2) is 4.39 Å². The Morgan fingerprint density at radius 1 is 1.42 bits per heavy atom. The summed E-state index contributed by atoms with van der Waals surface area (Å²) in [5.74, 6) is -0.469. The normalized spacial score (nSPS) is 12.5. The molecule has 1 aromatic carbocycles. The van der Waals surface area contributed by atoms with Crippen LogP contribution in [0.3, 0.4) is 0 Å². The molecule has 0 aliphatic rings. The smallest absolute Gasteiger partial charge is 0.133 e. The van der Waals surface area contributed by atoms with Crippen LogP contribution in [0.1, 0.15) is 11.7 Å². The minimum absolute atomic E-state index is 0.469. The third kappa shape index (κ3) is 1.92. The Morgan fingerprint density at radius 2 is 2.00 bits per heavy atom. The minimum atomic E-state index is -0.633. The lowest BCUT2D eigenvalue weighted by Gasteiger charge is -2.12. The van der Waals surface area contributed by atoms with Gasteiger partial charge in [-0.15, -0.1) is 0 Å². The van der Waals surface area contributed by atoms with Crippen LogP contribution in [0.25, 0.3) is 0 Å². The zero-order valence-corrected chi connectivity index (χ0v) is 6.96. The van der Waals surface area contributed by atoms with E-state index in [1.807, 2.05) is 18.2 Å². The van der Waals surface area contributed by atoms with E-state index in [9.17, 15) is 4.39 Å². The molecule has 0 aliphatic carbocycles. The van der Waals surface area contributed by atoms with Gasteiger partial charge in [0.05, 0.1) is 0 Å². The van der Waals surface area contributed by atoms with E-state index >= 15 is 0 Å². The average Bonchev–Trinajstić information content (AvgIpc) is 2.07. The second-order valence-electron chi connectivity index (χ2n) is 2.47. The van der Waals surface area contributed by atoms with Crippen molar-refractivity contribution in [2.75, 3.05) is 7.11 Å². The first-order valence-corrected chi connectivity index (χ1v) is 3.67. The van der Waals surface area contributed by atoms with Crippen molar-refractivity contribution < 1.29 is 9.13 Å². The second-order valence-corrected chi connectivity index (χ2v) is 2.47. The van der Waals surface area contributed by atoms with Gasteiger partial charge in [-0.3, -0.25) is 0 Å². The first-order valence-electron chi connectivity index (χ1n) is 3.67. The van der Waals surface area contributed by atoms with Crippen molar-refractivity contribution in [1.82, 2.24) is 0 Å². The molecule has 0 N–H and O–H groups in total. The highest BCUT2D eigenvalue weighted by Gasteiger charge is 2.12. The predicted molar refractivity (Wildman–Crippen MR) is 46.4 cm³/mol. The van der Waals surface area contributed by atoms with Gasteiger partial charge in [0.25, 0.3) is 0 Å². The molecule has 64 valence electrons. The molecule has 0 saturated heterocycles. The van der Waals surface area contributed by atoms with Gasteiger partial charge in [0.1, 0.15) is 11.9 Å². The summed E-state index contributed by atoms with van der Waals surface area (Å²) in [6, 6.07) is 9.16. The molecule has 0 bridgehead atoms. The molecule has 1 atom stereocenters. The molecule has 1 nitrogen and oxygen atoms in total. The van der Waals surface area contributed by atoms with E-state index in [1.54, 1.807) is 12.1 Å². The minimum Gasteiger partial charge on any atom is -0.370 e. The van der Waals surface area contributed by atoms with Crippen LogP contribution in [0.4, 0.5) is 4.39 Å². The van der Waals surface area contributed by atoms with Crippen LogP contribution in [-0.4, -0.2) is 7.11 Å². The fraction of sp³-hybridized carbons (Fsp3) is 0.200. The van der Waals surface area contributed by atoms with Crippen molar-refractivity contribution >= 4 is 0 Å². The highest BCUT2D eigenvalue weighted by molar-refractivity contribution is 5.22. The summed E-state index contributed by atoms with van der Waals surface area (Å²) in [4.78, 5) is 0. The quantitative estimate of drug-likeness (QED) is 0.670. The highest BCUT2D eigenvalue weighted by Crippen LogP contribution is 2.23. The maximum atomic E-state index is 12.7. The topological polar surface area (TPSA) is 9.23 Å². The molecule has 1 aromatic rings. The number of rotatable bonds is 3. The number of methoxy groups -OCH3 is 1. The van der Waals surface area contributed by atoms with Gasteiger partial charge in [0, 0.05) is 7.11 Å². The van der Waals surface area contributed by atoms with Crippen molar-refractivity contribution in [3.8, 4) is 0 Å². The van der Waals surface area contributed by atoms with E-state index < -0.39 is 11.9 Å². The molecule has 0 heterocycles. The Balaban J connectivity index is 2.88. The summed E-state index contributed by atoms with van der Waals surface area (Å²) in [7, 11) is 1.46. The molecule has 1 rings (SSSR count). The lowest BCUT2D eigenvalue weighted by molar-refractivity contribution is 0.114. The van der Waals surface area contributed by atoms with E-state index in [2.05, 4.69) is 6.58 Å². The molecule has 0 spiro atoms. The van der Waals surface area contributed by atoms with Crippen molar-refractivity contribution in [2.45, 2.75) is 6.10 Å². The van der Waals surface area contributed by atoms with Gasteiger partial charge in [0.15, 0.2) is 0 Å². The Bertz CT molecular complexity index is 256. The van der Waals surface area contributed by atoms with E-state index in [4.69, 9.17) is 4.74 Å². The molecular formula is C10H11FO. The van der Waals surface area contributed by atoms with Gasteiger partial charge in [0.2, 0.25) is 0 Å². The molecule has 0 amide bonds. The molecular weight excluding hydrogens is 155 g/mol. The zero-order valence-electron chi connectivity index (χ0n) is 6.96. The van der Waals surface area contributed by atoms with Crippen LogP contribution in [-0.2, 0) is 4.74 Å². The van der Waals surface area contributed by atoms with Gasteiger partial charge in [-0.1, -0.05) is 36.9 Å². The fourth-order valence-electron chi connectivity index (χ4n) is 1.07.